The lowest BCUT2D eigenvalue weighted by atomic mass is 10.0. The number of nitrogens with zero attached hydrogens (tertiary/aromatic N) is 3. The van der Waals surface area contributed by atoms with Crippen molar-refractivity contribution in [3.63, 3.8) is 0 Å². The Morgan fingerprint density at radius 1 is 1.22 bits per heavy atom. The standard InChI is InChI=1S/C24H27ClN6O/c1-5-28-14(2)16(12-26)13-31(4)24(32)19-11-23(22-9-7-20(27)15(3)29-22)30-21-8-6-17(25)10-18(19)21/h6-12,26,28H,5,13,27H2,1-4H3/b16-14+,26-12?. The third-order valence-corrected chi connectivity index (χ3v) is 5.48. The van der Waals surface area contributed by atoms with Gasteiger partial charge >= 0.3 is 0 Å². The van der Waals surface area contributed by atoms with Crippen molar-refractivity contribution in [1.82, 2.24) is 20.2 Å². The second-order valence-corrected chi connectivity index (χ2v) is 8.01. The van der Waals surface area contributed by atoms with Crippen LogP contribution < -0.4 is 11.1 Å². The first-order chi connectivity index (χ1) is 15.2. The summed E-state index contributed by atoms with van der Waals surface area (Å²) in [6, 6.07) is 10.6. The van der Waals surface area contributed by atoms with Gasteiger partial charge in [-0.1, -0.05) is 11.6 Å². The third kappa shape index (κ3) is 4.89. The Morgan fingerprint density at radius 3 is 2.62 bits per heavy atom. The van der Waals surface area contributed by atoms with Crippen LogP contribution in [0.3, 0.4) is 0 Å². The molecule has 1 aromatic carbocycles. The number of nitrogen functional groups attached to an aromatic ring is 1. The van der Waals surface area contributed by atoms with E-state index in [2.05, 4.69) is 10.3 Å². The number of carbonyl (C=O) groups excluding carboxylic acids is 1. The Morgan fingerprint density at radius 2 is 1.97 bits per heavy atom. The summed E-state index contributed by atoms with van der Waals surface area (Å²) in [7, 11) is 1.72. The number of aromatic nitrogens is 2. The van der Waals surface area contributed by atoms with Crippen LogP contribution in [0.1, 0.15) is 29.9 Å². The van der Waals surface area contributed by atoms with Gasteiger partial charge in [-0.25, -0.2) is 9.97 Å². The Kier molecular flexibility index (Phi) is 7.10. The van der Waals surface area contributed by atoms with Crippen molar-refractivity contribution in [3.05, 3.63) is 63.9 Å². The lowest BCUT2D eigenvalue weighted by Crippen LogP contribution is -2.30. The predicted molar refractivity (Wildman–Crippen MR) is 131 cm³/mol. The number of carbonyl (C=O) groups is 1. The van der Waals surface area contributed by atoms with E-state index in [-0.39, 0.29) is 5.91 Å². The van der Waals surface area contributed by atoms with Crippen LogP contribution in [0, 0.1) is 12.3 Å². The van der Waals surface area contributed by atoms with Gasteiger partial charge in [0.05, 0.1) is 33.8 Å². The molecule has 0 bridgehead atoms. The van der Waals surface area contributed by atoms with Crippen LogP contribution >= 0.6 is 11.6 Å². The first-order valence-corrected chi connectivity index (χ1v) is 10.7. The summed E-state index contributed by atoms with van der Waals surface area (Å²) in [5.41, 5.74) is 11.1. The van der Waals surface area contributed by atoms with Crippen molar-refractivity contribution < 1.29 is 4.79 Å². The van der Waals surface area contributed by atoms with E-state index in [9.17, 15) is 4.79 Å². The molecule has 0 aliphatic carbocycles. The van der Waals surface area contributed by atoms with Gasteiger partial charge in [-0.2, -0.15) is 0 Å². The van der Waals surface area contributed by atoms with Crippen LogP contribution in [0.4, 0.5) is 5.69 Å². The molecule has 166 valence electrons. The number of likely N-dealkylation sites (N-methyl/N-ethyl adjacent to an activating group) is 1. The van der Waals surface area contributed by atoms with E-state index in [1.807, 2.05) is 20.8 Å². The number of amides is 1. The molecule has 2 heterocycles. The molecule has 0 radical (unpaired) electrons. The number of nitrogens with one attached hydrogen (secondary N) is 2. The molecule has 0 fully saturated rings. The first kappa shape index (κ1) is 23.2. The van der Waals surface area contributed by atoms with Gasteiger partial charge in [0, 0.05) is 48.0 Å². The van der Waals surface area contributed by atoms with Gasteiger partial charge in [0.2, 0.25) is 0 Å². The van der Waals surface area contributed by atoms with E-state index < -0.39 is 0 Å². The summed E-state index contributed by atoms with van der Waals surface area (Å²) >= 11 is 6.23. The summed E-state index contributed by atoms with van der Waals surface area (Å²) in [6.45, 7) is 6.75. The first-order valence-electron chi connectivity index (χ1n) is 10.3. The number of hydrogen-bond donors (Lipinski definition) is 3. The Balaban J connectivity index is 2.10. The lowest BCUT2D eigenvalue weighted by Gasteiger charge is -2.21. The highest BCUT2D eigenvalue weighted by Crippen LogP contribution is 2.28. The molecule has 0 aliphatic rings. The second-order valence-electron chi connectivity index (χ2n) is 7.57. The Bertz CT molecular complexity index is 1220. The van der Waals surface area contributed by atoms with Crippen molar-refractivity contribution >= 4 is 40.3 Å². The molecule has 2 aromatic heterocycles. The normalized spacial score (nSPS) is 11.8. The summed E-state index contributed by atoms with van der Waals surface area (Å²) < 4.78 is 0. The zero-order valence-corrected chi connectivity index (χ0v) is 19.4. The molecule has 8 heteroatoms. The second kappa shape index (κ2) is 9.78. The molecule has 7 nitrogen and oxygen atoms in total. The van der Waals surface area contributed by atoms with Crippen LogP contribution in [-0.2, 0) is 0 Å². The van der Waals surface area contributed by atoms with Crippen LogP contribution in [-0.4, -0.2) is 47.1 Å². The lowest BCUT2D eigenvalue weighted by molar-refractivity contribution is 0.0810. The summed E-state index contributed by atoms with van der Waals surface area (Å²) in [4.78, 5) is 24.3. The Labute approximate surface area is 192 Å². The summed E-state index contributed by atoms with van der Waals surface area (Å²) in [5.74, 6) is -0.197. The zero-order valence-electron chi connectivity index (χ0n) is 18.7. The molecular weight excluding hydrogens is 424 g/mol. The maximum absolute atomic E-state index is 13.5. The quantitative estimate of drug-likeness (QED) is 0.461. The number of hydrogen-bond acceptors (Lipinski definition) is 6. The number of pyridine rings is 2. The molecular formula is C24H27ClN6O. The van der Waals surface area contributed by atoms with Gasteiger partial charge in [-0.15, -0.1) is 0 Å². The number of anilines is 1. The minimum Gasteiger partial charge on any atom is -0.397 e. The summed E-state index contributed by atoms with van der Waals surface area (Å²) in [5, 5.41) is 12.1. The number of fused-ring (bicyclic) bond motifs is 1. The van der Waals surface area contributed by atoms with E-state index in [0.29, 0.717) is 50.8 Å². The third-order valence-electron chi connectivity index (χ3n) is 5.24. The highest BCUT2D eigenvalue weighted by atomic mass is 35.5. The van der Waals surface area contributed by atoms with Crippen LogP contribution in [0.5, 0.6) is 0 Å². The van der Waals surface area contributed by atoms with E-state index in [1.165, 1.54) is 6.21 Å². The largest absolute Gasteiger partial charge is 0.397 e. The van der Waals surface area contributed by atoms with Crippen molar-refractivity contribution in [2.45, 2.75) is 20.8 Å². The van der Waals surface area contributed by atoms with Gasteiger partial charge in [0.15, 0.2) is 0 Å². The molecule has 4 N–H and O–H groups in total. The molecule has 1 amide bonds. The number of allylic oxidation sites excluding steroid dienone is 1. The van der Waals surface area contributed by atoms with Crippen molar-refractivity contribution in [2.75, 3.05) is 25.9 Å². The molecule has 3 aromatic rings. The van der Waals surface area contributed by atoms with Gasteiger partial charge in [0.25, 0.3) is 5.91 Å². The van der Waals surface area contributed by atoms with Gasteiger partial charge < -0.3 is 21.4 Å². The minimum atomic E-state index is -0.197. The van der Waals surface area contributed by atoms with E-state index in [4.69, 9.17) is 27.7 Å². The highest BCUT2D eigenvalue weighted by molar-refractivity contribution is 6.31. The zero-order chi connectivity index (χ0) is 23.4. The van der Waals surface area contributed by atoms with Gasteiger partial charge in [0.1, 0.15) is 0 Å². The van der Waals surface area contributed by atoms with E-state index >= 15 is 0 Å². The fourth-order valence-corrected chi connectivity index (χ4v) is 3.58. The molecule has 0 spiro atoms. The van der Waals surface area contributed by atoms with E-state index in [1.54, 1.807) is 48.3 Å². The number of benzene rings is 1. The van der Waals surface area contributed by atoms with Crippen molar-refractivity contribution in [3.8, 4) is 11.4 Å². The van der Waals surface area contributed by atoms with Crippen molar-refractivity contribution in [2.24, 2.45) is 0 Å². The van der Waals surface area contributed by atoms with Crippen LogP contribution in [0.15, 0.2) is 47.7 Å². The number of rotatable bonds is 7. The highest BCUT2D eigenvalue weighted by Gasteiger charge is 2.19. The Hall–Kier alpha value is -3.45. The molecule has 32 heavy (non-hydrogen) atoms. The molecule has 0 saturated heterocycles. The monoisotopic (exact) mass is 450 g/mol. The smallest absolute Gasteiger partial charge is 0.254 e. The fraction of sp³-hybridized carbons (Fsp3) is 0.250. The summed E-state index contributed by atoms with van der Waals surface area (Å²) in [6.07, 6.45) is 1.27. The number of aryl methyl sites for hydroxylation is 1. The fourth-order valence-electron chi connectivity index (χ4n) is 3.40. The van der Waals surface area contributed by atoms with Gasteiger partial charge in [-0.3, -0.25) is 4.79 Å². The van der Waals surface area contributed by atoms with E-state index in [0.717, 1.165) is 17.8 Å². The SMILES string of the molecule is CCN/C(C)=C(\C=N)CN(C)C(=O)c1cc(-c2ccc(N)c(C)n2)nc2ccc(Cl)cc12. The van der Waals surface area contributed by atoms with Gasteiger partial charge in [-0.05, 0) is 57.2 Å². The average Bonchev–Trinajstić information content (AvgIpc) is 2.78. The molecule has 0 unspecified atom stereocenters. The molecule has 3 rings (SSSR count). The maximum atomic E-state index is 13.5. The van der Waals surface area contributed by atoms with Crippen LogP contribution in [0.25, 0.3) is 22.3 Å². The van der Waals surface area contributed by atoms with Crippen LogP contribution in [0.2, 0.25) is 5.02 Å². The molecule has 0 saturated carbocycles. The molecule has 0 aliphatic heterocycles. The average molecular weight is 451 g/mol. The maximum Gasteiger partial charge on any atom is 0.254 e. The number of nitrogens with two attached hydrogens (primary N) is 1. The molecule has 0 atom stereocenters. The topological polar surface area (TPSA) is 108 Å². The number of halogens is 1. The van der Waals surface area contributed by atoms with Crippen molar-refractivity contribution in [1.29, 1.82) is 5.41 Å². The predicted octanol–water partition coefficient (Wildman–Crippen LogP) is 4.45. The minimum absolute atomic E-state index is 0.197.